The summed E-state index contributed by atoms with van der Waals surface area (Å²) in [7, 11) is 2.82. The zero-order chi connectivity index (χ0) is 15.0. The number of aliphatic hydroxyl groups excluding tert-OH is 1. The lowest BCUT2D eigenvalue weighted by molar-refractivity contribution is 0.173. The van der Waals surface area contributed by atoms with Gasteiger partial charge in [-0.1, -0.05) is 30.3 Å². The summed E-state index contributed by atoms with van der Waals surface area (Å²) >= 11 is 0. The van der Waals surface area contributed by atoms with Crippen molar-refractivity contribution in [3.05, 3.63) is 59.7 Å². The van der Waals surface area contributed by atoms with Crippen molar-refractivity contribution in [3.63, 3.8) is 0 Å². The lowest BCUT2D eigenvalue weighted by Crippen LogP contribution is -2.21. The van der Waals surface area contributed by atoms with Gasteiger partial charge in [-0.05, 0) is 35.7 Å². The van der Waals surface area contributed by atoms with Crippen molar-refractivity contribution in [2.45, 2.75) is 22.7 Å². The quantitative estimate of drug-likeness (QED) is 0.947. The maximum atomic E-state index is 12.5. The number of fused-ring (bicyclic) bond motifs is 1. The van der Waals surface area contributed by atoms with E-state index in [-0.39, 0.29) is 5.25 Å². The van der Waals surface area contributed by atoms with Gasteiger partial charge in [-0.3, -0.25) is 4.21 Å². The Morgan fingerprint density at radius 3 is 2.43 bits per heavy atom. The fraction of sp³-hybridized carbons (Fsp3) is 0.294. The molecule has 1 aliphatic heterocycles. The van der Waals surface area contributed by atoms with Gasteiger partial charge in [0.2, 0.25) is 0 Å². The van der Waals surface area contributed by atoms with Gasteiger partial charge in [-0.2, -0.15) is 0 Å². The molecule has 0 amide bonds. The largest absolute Gasteiger partial charge is 0.387 e. The maximum absolute atomic E-state index is 12.5. The fourth-order valence-electron chi connectivity index (χ4n) is 2.74. The molecule has 1 unspecified atom stereocenters. The third-order valence-corrected chi connectivity index (χ3v) is 5.79. The third kappa shape index (κ3) is 2.61. The number of hydrogen-bond donors (Lipinski definition) is 1. The van der Waals surface area contributed by atoms with Crippen LogP contribution in [0.3, 0.4) is 0 Å². The summed E-state index contributed by atoms with van der Waals surface area (Å²) in [6, 6.07) is 15.5. The number of anilines is 1. The number of rotatable bonds is 3. The molecule has 2 aromatic rings. The number of nitrogens with zero attached hydrogens (tertiary/aromatic N) is 1. The fourth-order valence-corrected chi connectivity index (χ4v) is 4.41. The Balaban J connectivity index is 1.84. The number of benzene rings is 2. The first-order chi connectivity index (χ1) is 10.1. The van der Waals surface area contributed by atoms with Gasteiger partial charge in [-0.15, -0.1) is 0 Å². The van der Waals surface area contributed by atoms with Gasteiger partial charge in [0.05, 0.1) is 22.2 Å². The SMILES string of the molecule is CN(C)c1ccc([C@@H](O)[C@@H]2Cc3ccccc3S2=O)cc1. The van der Waals surface area contributed by atoms with E-state index >= 15 is 0 Å². The molecular formula is C17H19NO2S. The summed E-state index contributed by atoms with van der Waals surface area (Å²) in [4.78, 5) is 2.88. The highest BCUT2D eigenvalue weighted by atomic mass is 32.2. The minimum atomic E-state index is -1.14. The van der Waals surface area contributed by atoms with Crippen LogP contribution in [0.25, 0.3) is 0 Å². The van der Waals surface area contributed by atoms with Crippen LogP contribution >= 0.6 is 0 Å². The minimum absolute atomic E-state index is 0.257. The van der Waals surface area contributed by atoms with E-state index in [9.17, 15) is 9.32 Å². The van der Waals surface area contributed by atoms with Gasteiger partial charge >= 0.3 is 0 Å². The molecule has 2 aromatic carbocycles. The molecule has 4 heteroatoms. The summed E-state index contributed by atoms with van der Waals surface area (Å²) in [6.45, 7) is 0. The molecule has 3 nitrogen and oxygen atoms in total. The van der Waals surface area contributed by atoms with E-state index in [0.29, 0.717) is 6.42 Å². The average molecular weight is 301 g/mol. The molecule has 1 aliphatic rings. The second-order valence-electron chi connectivity index (χ2n) is 5.58. The monoisotopic (exact) mass is 301 g/mol. The zero-order valence-electron chi connectivity index (χ0n) is 12.2. The molecule has 0 aliphatic carbocycles. The van der Waals surface area contributed by atoms with Crippen molar-refractivity contribution in [2.24, 2.45) is 0 Å². The lowest BCUT2D eigenvalue weighted by atomic mass is 10.0. The van der Waals surface area contributed by atoms with Crippen LogP contribution in [0.2, 0.25) is 0 Å². The van der Waals surface area contributed by atoms with E-state index in [0.717, 1.165) is 21.7 Å². The molecule has 0 fully saturated rings. The average Bonchev–Trinajstić information content (AvgIpc) is 2.84. The van der Waals surface area contributed by atoms with Gasteiger partial charge in [0.15, 0.2) is 0 Å². The van der Waals surface area contributed by atoms with E-state index in [4.69, 9.17) is 0 Å². The van der Waals surface area contributed by atoms with Gasteiger partial charge < -0.3 is 10.0 Å². The predicted octanol–water partition coefficient (Wildman–Crippen LogP) is 2.52. The molecule has 21 heavy (non-hydrogen) atoms. The van der Waals surface area contributed by atoms with Crippen molar-refractivity contribution in [3.8, 4) is 0 Å². The maximum Gasteiger partial charge on any atom is 0.0940 e. The van der Waals surface area contributed by atoms with Crippen LogP contribution in [0, 0.1) is 0 Å². The normalized spacial score (nSPS) is 21.9. The van der Waals surface area contributed by atoms with E-state index in [1.165, 1.54) is 0 Å². The van der Waals surface area contributed by atoms with Crippen LogP contribution in [-0.4, -0.2) is 28.7 Å². The van der Waals surface area contributed by atoms with Crippen LogP contribution in [0.4, 0.5) is 5.69 Å². The van der Waals surface area contributed by atoms with Crippen LogP contribution in [0.5, 0.6) is 0 Å². The van der Waals surface area contributed by atoms with Crippen LogP contribution in [0.1, 0.15) is 17.2 Å². The zero-order valence-corrected chi connectivity index (χ0v) is 13.0. The van der Waals surface area contributed by atoms with Gasteiger partial charge in [0.25, 0.3) is 0 Å². The Morgan fingerprint density at radius 1 is 1.14 bits per heavy atom. The standard InChI is InChI=1S/C17H19NO2S/c1-18(2)14-9-7-12(8-10-14)17(19)16-11-13-5-3-4-6-15(13)21(16)20/h3-10,16-17,19H,11H2,1-2H3/t16-,17+,21?/m0/s1. The van der Waals surface area contributed by atoms with Gasteiger partial charge in [-0.25, -0.2) is 0 Å². The molecular weight excluding hydrogens is 282 g/mol. The Bertz CT molecular complexity index is 667. The first-order valence-corrected chi connectivity index (χ1v) is 8.23. The van der Waals surface area contributed by atoms with E-state index in [1.807, 2.05) is 67.5 Å². The second-order valence-corrected chi connectivity index (χ2v) is 7.22. The smallest absolute Gasteiger partial charge is 0.0940 e. The van der Waals surface area contributed by atoms with E-state index in [2.05, 4.69) is 0 Å². The molecule has 0 bridgehead atoms. The van der Waals surface area contributed by atoms with Crippen molar-refractivity contribution in [2.75, 3.05) is 19.0 Å². The Labute approximate surface area is 127 Å². The lowest BCUT2D eigenvalue weighted by Gasteiger charge is -2.19. The summed E-state index contributed by atoms with van der Waals surface area (Å²) in [6.07, 6.45) is -0.0335. The van der Waals surface area contributed by atoms with Crippen molar-refractivity contribution in [1.29, 1.82) is 0 Å². The Kier molecular flexibility index (Phi) is 3.83. The number of hydrogen-bond acceptors (Lipinski definition) is 3. The molecule has 1 heterocycles. The summed E-state index contributed by atoms with van der Waals surface area (Å²) in [5, 5.41) is 10.3. The van der Waals surface area contributed by atoms with Crippen molar-refractivity contribution >= 4 is 16.5 Å². The van der Waals surface area contributed by atoms with Crippen LogP contribution < -0.4 is 4.90 Å². The predicted molar refractivity (Wildman–Crippen MR) is 86.1 cm³/mol. The van der Waals surface area contributed by atoms with E-state index in [1.54, 1.807) is 0 Å². The molecule has 3 rings (SSSR count). The van der Waals surface area contributed by atoms with Crippen molar-refractivity contribution in [1.82, 2.24) is 0 Å². The highest BCUT2D eigenvalue weighted by Gasteiger charge is 2.34. The van der Waals surface area contributed by atoms with Crippen LogP contribution in [-0.2, 0) is 17.2 Å². The van der Waals surface area contributed by atoms with E-state index < -0.39 is 16.9 Å². The molecule has 3 atom stereocenters. The van der Waals surface area contributed by atoms with Crippen LogP contribution in [0.15, 0.2) is 53.4 Å². The summed E-state index contributed by atoms with van der Waals surface area (Å²) in [5.41, 5.74) is 3.00. The summed E-state index contributed by atoms with van der Waals surface area (Å²) in [5.74, 6) is 0. The molecule has 0 spiro atoms. The topological polar surface area (TPSA) is 40.5 Å². The second kappa shape index (κ2) is 5.62. The first-order valence-electron chi connectivity index (χ1n) is 7.02. The minimum Gasteiger partial charge on any atom is -0.387 e. The van der Waals surface area contributed by atoms with Gasteiger partial charge in [0, 0.05) is 24.7 Å². The number of aliphatic hydroxyl groups is 1. The summed E-state index contributed by atoms with van der Waals surface area (Å²) < 4.78 is 12.5. The van der Waals surface area contributed by atoms with Crippen molar-refractivity contribution < 1.29 is 9.32 Å². The molecule has 110 valence electrons. The molecule has 0 aromatic heterocycles. The van der Waals surface area contributed by atoms with Gasteiger partial charge in [0.1, 0.15) is 0 Å². The first kappa shape index (κ1) is 14.3. The molecule has 0 radical (unpaired) electrons. The molecule has 0 saturated heterocycles. The Morgan fingerprint density at radius 2 is 1.81 bits per heavy atom. The molecule has 1 N–H and O–H groups in total. The third-order valence-electron chi connectivity index (χ3n) is 3.99. The highest BCUT2D eigenvalue weighted by Crippen LogP contribution is 2.35. The highest BCUT2D eigenvalue weighted by molar-refractivity contribution is 7.86. The molecule has 0 saturated carbocycles. The Hall–Kier alpha value is -1.65.